The number of halogens is 4. The zero-order valence-corrected chi connectivity index (χ0v) is 17.6. The summed E-state index contributed by atoms with van der Waals surface area (Å²) in [6, 6.07) is 7.98. The zero-order chi connectivity index (χ0) is 22.6. The van der Waals surface area contributed by atoms with Gasteiger partial charge in [-0.2, -0.15) is 13.2 Å². The fourth-order valence-corrected chi connectivity index (χ4v) is 3.45. The third-order valence-electron chi connectivity index (χ3n) is 5.03. The minimum atomic E-state index is -4.43. The van der Waals surface area contributed by atoms with E-state index in [4.69, 9.17) is 11.6 Å². The summed E-state index contributed by atoms with van der Waals surface area (Å²) >= 11 is 5.82. The molecule has 2 heterocycles. The van der Waals surface area contributed by atoms with Gasteiger partial charge < -0.3 is 15.1 Å². The van der Waals surface area contributed by atoms with Crippen LogP contribution in [-0.4, -0.2) is 53.9 Å². The first-order valence-electron chi connectivity index (χ1n) is 9.78. The molecule has 31 heavy (non-hydrogen) atoms. The molecule has 0 radical (unpaired) electrons. The number of hydrogen-bond donors (Lipinski definition) is 1. The third kappa shape index (κ3) is 5.88. The maximum Gasteiger partial charge on any atom is 0.417 e. The Bertz CT molecular complexity index is 920. The molecule has 1 aliphatic rings. The van der Waals surface area contributed by atoms with Gasteiger partial charge in [0.05, 0.1) is 5.56 Å². The molecule has 0 unspecified atom stereocenters. The van der Waals surface area contributed by atoms with Crippen molar-refractivity contribution in [1.82, 2.24) is 15.2 Å². The largest absolute Gasteiger partial charge is 0.417 e. The van der Waals surface area contributed by atoms with Crippen molar-refractivity contribution >= 4 is 29.2 Å². The minimum absolute atomic E-state index is 0.218. The van der Waals surface area contributed by atoms with Crippen LogP contribution in [0.5, 0.6) is 0 Å². The highest BCUT2D eigenvalue weighted by atomic mass is 35.5. The lowest BCUT2D eigenvalue weighted by Gasteiger charge is -2.25. The topological polar surface area (TPSA) is 65.5 Å². The van der Waals surface area contributed by atoms with Gasteiger partial charge in [0.25, 0.3) is 5.91 Å². The maximum absolute atomic E-state index is 12.8. The third-order valence-corrected chi connectivity index (χ3v) is 5.28. The number of anilines is 1. The second-order valence-electron chi connectivity index (χ2n) is 7.27. The summed E-state index contributed by atoms with van der Waals surface area (Å²) in [5, 5.41) is 3.20. The Morgan fingerprint density at radius 2 is 1.77 bits per heavy atom. The van der Waals surface area contributed by atoms with Crippen molar-refractivity contribution in [2.75, 3.05) is 31.1 Å². The predicted molar refractivity (Wildman–Crippen MR) is 111 cm³/mol. The lowest BCUT2D eigenvalue weighted by atomic mass is 10.2. The molecule has 2 aromatic rings. The number of hydrogen-bond acceptors (Lipinski definition) is 4. The molecule has 0 bridgehead atoms. The minimum Gasteiger partial charge on any atom is -0.355 e. The number of rotatable bonds is 4. The van der Waals surface area contributed by atoms with E-state index in [0.29, 0.717) is 49.0 Å². The first kappa shape index (κ1) is 22.9. The number of aromatic nitrogens is 1. The van der Waals surface area contributed by atoms with Crippen LogP contribution in [0.1, 0.15) is 29.3 Å². The predicted octanol–water partition coefficient (Wildman–Crippen LogP) is 3.61. The van der Waals surface area contributed by atoms with Gasteiger partial charge in [-0.25, -0.2) is 4.98 Å². The van der Waals surface area contributed by atoms with Gasteiger partial charge in [-0.3, -0.25) is 9.59 Å². The quantitative estimate of drug-likeness (QED) is 0.766. The van der Waals surface area contributed by atoms with Crippen molar-refractivity contribution < 1.29 is 22.8 Å². The van der Waals surface area contributed by atoms with Gasteiger partial charge in [0, 0.05) is 43.0 Å². The highest BCUT2D eigenvalue weighted by molar-refractivity contribution is 6.30. The Labute approximate surface area is 183 Å². The molecule has 0 spiro atoms. The Hall–Kier alpha value is -2.81. The monoisotopic (exact) mass is 454 g/mol. The number of nitrogens with one attached hydrogen (secondary N) is 1. The van der Waals surface area contributed by atoms with Crippen LogP contribution in [-0.2, 0) is 11.0 Å². The lowest BCUT2D eigenvalue weighted by molar-refractivity contribution is -0.137. The number of pyridine rings is 1. The SMILES string of the molecule is C[C@@H](NC(=O)c1ccc(Cl)cc1)C(=O)N1CCCN(c2ccc(C(F)(F)F)cn2)CC1. The van der Waals surface area contributed by atoms with Crippen molar-refractivity contribution in [3.05, 3.63) is 58.7 Å². The van der Waals surface area contributed by atoms with Crippen LogP contribution in [0.2, 0.25) is 5.02 Å². The summed E-state index contributed by atoms with van der Waals surface area (Å²) in [6.07, 6.45) is -2.98. The van der Waals surface area contributed by atoms with Gasteiger partial charge in [0.2, 0.25) is 5.91 Å². The highest BCUT2D eigenvalue weighted by Crippen LogP contribution is 2.29. The van der Waals surface area contributed by atoms with E-state index in [1.54, 1.807) is 36.1 Å². The van der Waals surface area contributed by atoms with Crippen LogP contribution in [0.4, 0.5) is 19.0 Å². The Kier molecular flexibility index (Phi) is 7.04. The van der Waals surface area contributed by atoms with Crippen LogP contribution in [0.25, 0.3) is 0 Å². The summed E-state index contributed by atoms with van der Waals surface area (Å²) in [6.45, 7) is 3.48. The molecule has 10 heteroatoms. The number of nitrogens with zero attached hydrogens (tertiary/aromatic N) is 3. The molecule has 2 amide bonds. The van der Waals surface area contributed by atoms with Crippen molar-refractivity contribution in [3.8, 4) is 0 Å². The first-order chi connectivity index (χ1) is 14.6. The van der Waals surface area contributed by atoms with E-state index in [1.807, 2.05) is 4.90 Å². The molecule has 0 aliphatic carbocycles. The first-order valence-corrected chi connectivity index (χ1v) is 10.2. The Morgan fingerprint density at radius 3 is 2.39 bits per heavy atom. The molecular weight excluding hydrogens is 433 g/mol. The molecule has 1 aromatic carbocycles. The number of alkyl halides is 3. The van der Waals surface area contributed by atoms with E-state index in [9.17, 15) is 22.8 Å². The Balaban J connectivity index is 1.57. The number of carbonyl (C=O) groups excluding carboxylic acids is 2. The zero-order valence-electron chi connectivity index (χ0n) is 16.8. The highest BCUT2D eigenvalue weighted by Gasteiger charge is 2.31. The fraction of sp³-hybridized carbons (Fsp3) is 0.381. The molecule has 1 aromatic heterocycles. The molecule has 3 rings (SSSR count). The van der Waals surface area contributed by atoms with Crippen LogP contribution >= 0.6 is 11.6 Å². The number of carbonyl (C=O) groups is 2. The number of benzene rings is 1. The molecule has 1 saturated heterocycles. The van der Waals surface area contributed by atoms with Crippen molar-refractivity contribution in [2.24, 2.45) is 0 Å². The molecule has 1 aliphatic heterocycles. The van der Waals surface area contributed by atoms with Gasteiger partial charge in [-0.05, 0) is 49.7 Å². The number of amides is 2. The van der Waals surface area contributed by atoms with Crippen LogP contribution in [0.15, 0.2) is 42.6 Å². The van der Waals surface area contributed by atoms with Crippen molar-refractivity contribution in [1.29, 1.82) is 0 Å². The second kappa shape index (κ2) is 9.55. The maximum atomic E-state index is 12.8. The second-order valence-corrected chi connectivity index (χ2v) is 7.71. The molecule has 0 saturated carbocycles. The lowest BCUT2D eigenvalue weighted by Crippen LogP contribution is -2.48. The van der Waals surface area contributed by atoms with Crippen LogP contribution in [0, 0.1) is 0 Å². The van der Waals surface area contributed by atoms with E-state index in [0.717, 1.165) is 12.3 Å². The van der Waals surface area contributed by atoms with Gasteiger partial charge >= 0.3 is 6.18 Å². The van der Waals surface area contributed by atoms with Gasteiger partial charge in [-0.15, -0.1) is 0 Å². The van der Waals surface area contributed by atoms with E-state index in [-0.39, 0.29) is 11.8 Å². The Morgan fingerprint density at radius 1 is 1.06 bits per heavy atom. The van der Waals surface area contributed by atoms with Gasteiger partial charge in [0.1, 0.15) is 11.9 Å². The van der Waals surface area contributed by atoms with Gasteiger partial charge in [0.15, 0.2) is 0 Å². The normalized spacial score (nSPS) is 15.9. The van der Waals surface area contributed by atoms with Crippen LogP contribution in [0.3, 0.4) is 0 Å². The molecule has 1 atom stereocenters. The summed E-state index contributed by atoms with van der Waals surface area (Å²) < 4.78 is 38.2. The average Bonchev–Trinajstić information content (AvgIpc) is 2.99. The van der Waals surface area contributed by atoms with Crippen molar-refractivity contribution in [3.63, 3.8) is 0 Å². The van der Waals surface area contributed by atoms with E-state index in [2.05, 4.69) is 10.3 Å². The smallest absolute Gasteiger partial charge is 0.355 e. The summed E-state index contributed by atoms with van der Waals surface area (Å²) in [5.41, 5.74) is -0.396. The molecule has 6 nitrogen and oxygen atoms in total. The van der Waals surface area contributed by atoms with E-state index in [1.165, 1.54) is 6.07 Å². The summed E-state index contributed by atoms with van der Waals surface area (Å²) in [5.74, 6) is -0.154. The van der Waals surface area contributed by atoms with E-state index < -0.39 is 17.8 Å². The van der Waals surface area contributed by atoms with Crippen LogP contribution < -0.4 is 10.2 Å². The average molecular weight is 455 g/mol. The molecule has 166 valence electrons. The summed E-state index contributed by atoms with van der Waals surface area (Å²) in [4.78, 5) is 32.6. The molecule has 1 N–H and O–H groups in total. The van der Waals surface area contributed by atoms with Gasteiger partial charge in [-0.1, -0.05) is 11.6 Å². The standard InChI is InChI=1S/C21H22ClF3N4O2/c1-14(27-19(30)15-3-6-17(22)7-4-15)20(31)29-10-2-9-28(11-12-29)18-8-5-16(13-26-18)21(23,24)25/h3-8,13-14H,2,9-12H2,1H3,(H,27,30)/t14-/m1/s1. The fourth-order valence-electron chi connectivity index (χ4n) is 3.32. The summed E-state index contributed by atoms with van der Waals surface area (Å²) in [7, 11) is 0. The van der Waals surface area contributed by atoms with E-state index >= 15 is 0 Å². The van der Waals surface area contributed by atoms with Crippen molar-refractivity contribution in [2.45, 2.75) is 25.6 Å². The molecule has 1 fully saturated rings. The molecular formula is C21H22ClF3N4O2.